The van der Waals surface area contributed by atoms with Gasteiger partial charge in [0, 0.05) is 5.56 Å². The van der Waals surface area contributed by atoms with Gasteiger partial charge in [-0.05, 0) is 47.9 Å². The summed E-state index contributed by atoms with van der Waals surface area (Å²) >= 11 is 1.11. The molecule has 1 fully saturated rings. The van der Waals surface area contributed by atoms with Crippen LogP contribution in [-0.2, 0) is 4.79 Å². The molecule has 1 saturated heterocycles. The quantitative estimate of drug-likeness (QED) is 0.497. The Bertz CT molecular complexity index is 895. The maximum atomic E-state index is 11.8. The van der Waals surface area contributed by atoms with E-state index in [2.05, 4.69) is 25.2 Å². The molecule has 0 bridgehead atoms. The van der Waals surface area contributed by atoms with E-state index in [0.717, 1.165) is 29.5 Å². The summed E-state index contributed by atoms with van der Waals surface area (Å²) < 4.78 is 11.8. The lowest BCUT2D eigenvalue weighted by Gasteiger charge is -2.16. The zero-order valence-electron chi connectivity index (χ0n) is 16.0. The van der Waals surface area contributed by atoms with Crippen molar-refractivity contribution in [2.75, 3.05) is 13.2 Å². The maximum absolute atomic E-state index is 11.8. The minimum atomic E-state index is -0.255. The molecule has 0 saturated carbocycles. The largest absolute Gasteiger partial charge is 0.490 e. The van der Waals surface area contributed by atoms with Gasteiger partial charge in [-0.1, -0.05) is 50.2 Å². The molecule has 1 atom stereocenters. The second-order valence-corrected chi connectivity index (χ2v) is 7.53. The standard InChI is InChI=1S/C22H24N2O3S/c1-3-15(2)17-9-5-7-11-19(17)27-13-12-26-18-10-6-4-8-16(18)14-20-21(25)24-22(23)28-20/h4-11,14-15H,3,12-13H2,1-2H3,(H2,23,24,25). The summed E-state index contributed by atoms with van der Waals surface area (Å²) in [5.74, 6) is 1.77. The highest BCUT2D eigenvalue weighted by Crippen LogP contribution is 2.30. The molecular formula is C22H24N2O3S. The maximum Gasteiger partial charge on any atom is 0.264 e. The predicted octanol–water partition coefficient (Wildman–Crippen LogP) is 4.80. The third-order valence-corrected chi connectivity index (χ3v) is 5.36. The minimum Gasteiger partial charge on any atom is -0.490 e. The van der Waals surface area contributed by atoms with Gasteiger partial charge in [0.25, 0.3) is 5.91 Å². The van der Waals surface area contributed by atoms with E-state index in [1.54, 1.807) is 6.08 Å². The van der Waals surface area contributed by atoms with Crippen LogP contribution in [-0.4, -0.2) is 24.3 Å². The highest BCUT2D eigenvalue weighted by Gasteiger charge is 2.22. The van der Waals surface area contributed by atoms with Gasteiger partial charge < -0.3 is 14.8 Å². The van der Waals surface area contributed by atoms with Crippen molar-refractivity contribution in [3.63, 3.8) is 0 Å². The van der Waals surface area contributed by atoms with Crippen molar-refractivity contribution in [3.8, 4) is 11.5 Å². The van der Waals surface area contributed by atoms with Gasteiger partial charge >= 0.3 is 0 Å². The molecule has 1 aliphatic heterocycles. The first kappa shape index (κ1) is 20.0. The first-order valence-corrected chi connectivity index (χ1v) is 10.1. The van der Waals surface area contributed by atoms with Crippen molar-refractivity contribution < 1.29 is 14.3 Å². The lowest BCUT2D eigenvalue weighted by Crippen LogP contribution is -2.18. The molecule has 0 aromatic heterocycles. The van der Waals surface area contributed by atoms with Crippen molar-refractivity contribution in [3.05, 3.63) is 64.6 Å². The Morgan fingerprint density at radius 3 is 2.39 bits per heavy atom. The molecule has 0 spiro atoms. The van der Waals surface area contributed by atoms with E-state index in [9.17, 15) is 4.79 Å². The Morgan fingerprint density at radius 1 is 1.07 bits per heavy atom. The van der Waals surface area contributed by atoms with Crippen LogP contribution < -0.4 is 14.8 Å². The zero-order chi connectivity index (χ0) is 19.9. The molecule has 146 valence electrons. The lowest BCUT2D eigenvalue weighted by molar-refractivity contribution is -0.115. The van der Waals surface area contributed by atoms with Crippen LogP contribution >= 0.6 is 11.8 Å². The number of thioether (sulfide) groups is 1. The average Bonchev–Trinajstić information content (AvgIpc) is 3.03. The number of carbonyl (C=O) groups excluding carboxylic acids is 1. The van der Waals surface area contributed by atoms with Crippen molar-refractivity contribution in [1.29, 1.82) is 5.41 Å². The number of amides is 1. The predicted molar refractivity (Wildman–Crippen MR) is 114 cm³/mol. The molecular weight excluding hydrogens is 372 g/mol. The topological polar surface area (TPSA) is 71.4 Å². The van der Waals surface area contributed by atoms with Gasteiger partial charge in [-0.2, -0.15) is 0 Å². The van der Waals surface area contributed by atoms with Gasteiger partial charge in [0.2, 0.25) is 0 Å². The molecule has 1 amide bonds. The average molecular weight is 397 g/mol. The molecule has 2 aromatic carbocycles. The number of ether oxygens (including phenoxy) is 2. The zero-order valence-corrected chi connectivity index (χ0v) is 16.8. The van der Waals surface area contributed by atoms with E-state index >= 15 is 0 Å². The fourth-order valence-electron chi connectivity index (χ4n) is 2.86. The van der Waals surface area contributed by atoms with Crippen LogP contribution in [0, 0.1) is 5.41 Å². The first-order valence-electron chi connectivity index (χ1n) is 9.31. The summed E-state index contributed by atoms with van der Waals surface area (Å²) in [5, 5.41) is 10.2. The molecule has 1 unspecified atom stereocenters. The van der Waals surface area contributed by atoms with Gasteiger partial charge in [0.1, 0.15) is 24.7 Å². The molecule has 2 N–H and O–H groups in total. The van der Waals surface area contributed by atoms with Crippen LogP contribution in [0.3, 0.4) is 0 Å². The Kier molecular flexibility index (Phi) is 6.76. The van der Waals surface area contributed by atoms with Crippen LogP contribution in [0.25, 0.3) is 6.08 Å². The van der Waals surface area contributed by atoms with Gasteiger partial charge in [0.05, 0.1) is 4.91 Å². The summed E-state index contributed by atoms with van der Waals surface area (Å²) in [7, 11) is 0. The van der Waals surface area contributed by atoms with Crippen LogP contribution in [0.15, 0.2) is 53.4 Å². The second-order valence-electron chi connectivity index (χ2n) is 6.48. The van der Waals surface area contributed by atoms with Crippen LogP contribution in [0.5, 0.6) is 11.5 Å². The van der Waals surface area contributed by atoms with Crippen molar-refractivity contribution in [1.82, 2.24) is 5.32 Å². The smallest absolute Gasteiger partial charge is 0.264 e. The molecule has 0 radical (unpaired) electrons. The number of carbonyl (C=O) groups is 1. The third-order valence-electron chi connectivity index (χ3n) is 4.53. The molecule has 5 nitrogen and oxygen atoms in total. The first-order chi connectivity index (χ1) is 13.6. The Morgan fingerprint density at radius 2 is 1.71 bits per heavy atom. The number of hydrogen-bond donors (Lipinski definition) is 2. The van der Waals surface area contributed by atoms with Gasteiger partial charge in [-0.3, -0.25) is 10.2 Å². The van der Waals surface area contributed by atoms with Crippen molar-refractivity contribution in [2.24, 2.45) is 0 Å². The summed E-state index contributed by atoms with van der Waals surface area (Å²) in [5.41, 5.74) is 2.01. The fourth-order valence-corrected chi connectivity index (χ4v) is 3.55. The highest BCUT2D eigenvalue weighted by molar-refractivity contribution is 8.18. The normalized spacial score (nSPS) is 16.1. The van der Waals surface area contributed by atoms with Crippen molar-refractivity contribution >= 4 is 28.9 Å². The molecule has 28 heavy (non-hydrogen) atoms. The van der Waals surface area contributed by atoms with E-state index in [1.807, 2.05) is 42.5 Å². The molecule has 0 aliphatic carbocycles. The van der Waals surface area contributed by atoms with E-state index in [4.69, 9.17) is 14.9 Å². The van der Waals surface area contributed by atoms with Gasteiger partial charge in [-0.15, -0.1) is 0 Å². The van der Waals surface area contributed by atoms with Crippen LogP contribution in [0.2, 0.25) is 0 Å². The van der Waals surface area contributed by atoms with Gasteiger partial charge in [-0.25, -0.2) is 0 Å². The van der Waals surface area contributed by atoms with E-state index < -0.39 is 0 Å². The third kappa shape index (κ3) is 4.95. The Labute approximate surface area is 169 Å². The monoisotopic (exact) mass is 396 g/mol. The summed E-state index contributed by atoms with van der Waals surface area (Å²) in [6.07, 6.45) is 2.80. The Hall–Kier alpha value is -2.73. The van der Waals surface area contributed by atoms with E-state index in [0.29, 0.717) is 29.8 Å². The van der Waals surface area contributed by atoms with Crippen molar-refractivity contribution in [2.45, 2.75) is 26.2 Å². The second kappa shape index (κ2) is 9.46. The van der Waals surface area contributed by atoms with Gasteiger partial charge in [0.15, 0.2) is 5.17 Å². The highest BCUT2D eigenvalue weighted by atomic mass is 32.2. The number of para-hydroxylation sites is 2. The number of amidine groups is 1. The fraction of sp³-hybridized carbons (Fsp3) is 0.273. The number of nitrogens with one attached hydrogen (secondary N) is 2. The number of hydrogen-bond acceptors (Lipinski definition) is 5. The van der Waals surface area contributed by atoms with E-state index in [-0.39, 0.29) is 11.1 Å². The molecule has 1 heterocycles. The minimum absolute atomic E-state index is 0.142. The molecule has 2 aromatic rings. The molecule has 1 aliphatic rings. The summed E-state index contributed by atoms with van der Waals surface area (Å²) in [6, 6.07) is 15.6. The summed E-state index contributed by atoms with van der Waals surface area (Å²) in [4.78, 5) is 12.3. The molecule has 6 heteroatoms. The SMILES string of the molecule is CCC(C)c1ccccc1OCCOc1ccccc1C=C1SC(=N)NC1=O. The number of rotatable bonds is 8. The lowest BCUT2D eigenvalue weighted by atomic mass is 9.98. The summed E-state index contributed by atoms with van der Waals surface area (Å²) in [6.45, 7) is 5.18. The molecule has 3 rings (SSSR count). The Balaban J connectivity index is 1.62. The van der Waals surface area contributed by atoms with Crippen LogP contribution in [0.1, 0.15) is 37.3 Å². The number of benzene rings is 2. The van der Waals surface area contributed by atoms with E-state index in [1.165, 1.54) is 5.56 Å². The van der Waals surface area contributed by atoms with Crippen LogP contribution in [0.4, 0.5) is 0 Å².